The number of ketones is 3. The number of hydrogen-bond donors (Lipinski definition) is 22. The second kappa shape index (κ2) is 68.1. The molecule has 0 fully saturated rings. The zero-order chi connectivity index (χ0) is 101. The number of rotatable bonds is 46. The van der Waals surface area contributed by atoms with Crippen molar-refractivity contribution < 1.29 is 118 Å². The number of carbonyl (C=O) groups is 12. The summed E-state index contributed by atoms with van der Waals surface area (Å²) in [5, 5.41) is 115. The molecule has 0 saturated heterocycles. The highest BCUT2D eigenvalue weighted by atomic mass is 35.5. The van der Waals surface area contributed by atoms with E-state index in [0.29, 0.717) is 62.4 Å². The van der Waals surface area contributed by atoms with Gasteiger partial charge in [-0.3, -0.25) is 64.4 Å². The van der Waals surface area contributed by atoms with E-state index in [1.54, 1.807) is 80.5 Å². The fourth-order valence-electron chi connectivity index (χ4n) is 11.9. The number of amides is 8. The van der Waals surface area contributed by atoms with Crippen LogP contribution in [-0.4, -0.2) is 244 Å². The summed E-state index contributed by atoms with van der Waals surface area (Å²) in [5.74, 6) is -4.97. The molecule has 0 radical (unpaired) electrons. The van der Waals surface area contributed by atoms with E-state index in [0.717, 1.165) is 39.9 Å². The predicted octanol–water partition coefficient (Wildman–Crippen LogP) is 6.22. The molecule has 41 nitrogen and oxygen atoms in total. The number of carbonyl (C=O) groups excluding carboxylic acids is 11. The Morgan fingerprint density at radius 2 is 0.691 bits per heavy atom. The van der Waals surface area contributed by atoms with Gasteiger partial charge in [0.2, 0.25) is 23.6 Å². The SMILES string of the molecule is CCCC(N)C(=O)[C@H](O)NCC(=O)N[C@H](C)c1ccccc1.CCCC(N)C(=O)[C@H](O)NCC(=O)N[C@H](C)c1ccccc1.CCCC(NC(=O)OC(C)(C)C)C(=O)[C@H](O)NCC(=O)N[C@H](C)c1ccccc1.CCCC(NC(=O)OC(C)(C)C)C(O)C(=O)NCC(=O)O.CCCC(NC(=O)OC(C)(C)C)C(O)[C@H](O)NCC(=O)N[C@H](C)c1ccccc1.Cl.Cl.OOn1nnc2ccccc21. The third-order valence-electron chi connectivity index (χ3n) is 18.7. The Morgan fingerprint density at radius 3 is 1.01 bits per heavy atom. The molecule has 0 saturated carbocycles. The van der Waals surface area contributed by atoms with E-state index >= 15 is 0 Å². The molecule has 15 atom stereocenters. The van der Waals surface area contributed by atoms with Gasteiger partial charge < -0.3 is 104 Å². The van der Waals surface area contributed by atoms with E-state index in [2.05, 4.69) is 79.1 Å². The summed E-state index contributed by atoms with van der Waals surface area (Å²) in [6.45, 7) is 31.0. The van der Waals surface area contributed by atoms with Crippen molar-refractivity contribution in [2.75, 3.05) is 32.7 Å². The number of benzene rings is 5. The Hall–Kier alpha value is -11.0. The Balaban J connectivity index is 0. The van der Waals surface area contributed by atoms with Crippen molar-refractivity contribution in [1.29, 1.82) is 0 Å². The number of nitrogens with zero attached hydrogens (tertiary/aromatic N) is 3. The number of alkyl carbamates (subject to hydrolysis) is 3. The summed E-state index contributed by atoms with van der Waals surface area (Å²) in [5.41, 5.74) is 14.4. The number of fused-ring (bicyclic) bond motifs is 1. The van der Waals surface area contributed by atoms with Crippen LogP contribution in [0.1, 0.15) is 235 Å². The first-order valence-electron chi connectivity index (χ1n) is 44.6. The van der Waals surface area contributed by atoms with Crippen LogP contribution in [0.2, 0.25) is 0 Å². The number of carboxylic acids is 1. The topological polar surface area (TPSA) is 631 Å². The van der Waals surface area contributed by atoms with Crippen LogP contribution >= 0.6 is 24.8 Å². The van der Waals surface area contributed by atoms with Gasteiger partial charge in [-0.05, 0) is 167 Å². The highest BCUT2D eigenvalue weighted by molar-refractivity contribution is 5.92. The number of para-hydroxylation sites is 1. The zero-order valence-corrected chi connectivity index (χ0v) is 82.7. The van der Waals surface area contributed by atoms with Crippen LogP contribution in [0.25, 0.3) is 11.0 Å². The standard InChI is InChI=1S/C21H35N3O5.C21H33N3O5.2C16H25N3O3.C13H24N2O6.C6H5N3O2.2ClH/c2*1-6-10-16(24-20(28)29-21(3,4)5)18(26)19(27)22-13-17(25)23-14(2)15-11-8-7-9-12-15;2*1-3-7-13(17)15(21)16(22)18-10-14(20)19-11(2)12-8-5-4-6-9-12;1-5-6-8(15-12(20)21-13(2,3)4)10(18)11(19)14-7-9(16)17;10-11-9-6-4-2-1-3-5(6)7-8-9;;/h7-9,11-12,14,16,18-19,22,26-27H,6,10,13H2,1-5H3,(H,23,25)(H,24,28);7-9,11-12,14,16,19,22,27H,6,10,13H2,1-5H3,(H,23,25)(H,24,28);2*4-6,8-9,11,13,16,18,22H,3,7,10,17H2,1-2H3,(H,19,20);8,10,18H,5-7H2,1-4H3,(H,14,19)(H,15,20)(H,16,17);1-4,10H;2*1H/t14-,16?,18?,19+;14-,16?,19+;2*11-,13?,16+;;;;/m1111..../s1. The normalized spacial score (nSPS) is 14.2. The van der Waals surface area contributed by atoms with Crippen LogP contribution in [0.4, 0.5) is 14.4 Å². The number of nitrogens with two attached hydrogens (primary N) is 2. The first-order valence-corrected chi connectivity index (χ1v) is 44.6. The van der Waals surface area contributed by atoms with E-state index in [9.17, 15) is 88.2 Å². The van der Waals surface area contributed by atoms with E-state index < -0.39 is 138 Å². The average molecular weight is 1960 g/mol. The van der Waals surface area contributed by atoms with E-state index in [1.165, 1.54) is 0 Å². The number of Topliss-reactive ketones (excluding diaryl/α,β-unsaturated/α-hetero) is 3. The van der Waals surface area contributed by atoms with Gasteiger partial charge in [-0.2, -0.15) is 5.26 Å². The molecule has 0 spiro atoms. The molecule has 6 rings (SSSR count). The van der Waals surface area contributed by atoms with Crippen LogP contribution in [0.15, 0.2) is 146 Å². The number of aliphatic carboxylic acids is 1. The number of aliphatic hydroxyl groups excluding tert-OH is 6. The van der Waals surface area contributed by atoms with Crippen LogP contribution in [0.5, 0.6) is 0 Å². The van der Waals surface area contributed by atoms with Gasteiger partial charge >= 0.3 is 24.2 Å². The van der Waals surface area contributed by atoms with E-state index in [1.807, 2.05) is 190 Å². The van der Waals surface area contributed by atoms with Crippen molar-refractivity contribution in [2.24, 2.45) is 11.5 Å². The van der Waals surface area contributed by atoms with Crippen molar-refractivity contribution in [3.63, 3.8) is 0 Å². The molecule has 8 amide bonds. The maximum atomic E-state index is 12.5. The lowest BCUT2D eigenvalue weighted by Gasteiger charge is -2.29. The van der Waals surface area contributed by atoms with Gasteiger partial charge in [0.1, 0.15) is 46.7 Å². The summed E-state index contributed by atoms with van der Waals surface area (Å²) in [7, 11) is 0. The van der Waals surface area contributed by atoms with Gasteiger partial charge in [0.15, 0.2) is 42.1 Å². The lowest BCUT2D eigenvalue weighted by molar-refractivity contribution is -0.250. The molecule has 0 aliphatic rings. The van der Waals surface area contributed by atoms with Crippen molar-refractivity contribution in [3.05, 3.63) is 168 Å². The van der Waals surface area contributed by atoms with Gasteiger partial charge in [0.05, 0.1) is 80.6 Å². The fourth-order valence-corrected chi connectivity index (χ4v) is 11.9. The fraction of sp³-hybridized carbons (Fsp3) is 0.548. The number of aromatic nitrogens is 3. The predicted molar refractivity (Wildman–Crippen MR) is 517 cm³/mol. The number of ether oxygens (including phenoxy) is 3. The molecule has 764 valence electrons. The molecule has 1 heterocycles. The van der Waals surface area contributed by atoms with Crippen LogP contribution in [-0.2, 0) is 57.4 Å². The summed E-state index contributed by atoms with van der Waals surface area (Å²) in [6, 6.07) is 40.6. The summed E-state index contributed by atoms with van der Waals surface area (Å²) < 4.78 is 15.4. The molecule has 6 aromatic rings. The van der Waals surface area contributed by atoms with Crippen molar-refractivity contribution in [2.45, 2.75) is 297 Å². The minimum atomic E-state index is -1.58. The summed E-state index contributed by atoms with van der Waals surface area (Å²) in [6.07, 6.45) is -5.22. The minimum absolute atomic E-state index is 0. The molecular formula is C93H149Cl2N17O24. The minimum Gasteiger partial charge on any atom is -0.480 e. The molecule has 43 heteroatoms. The quantitative estimate of drug-likeness (QED) is 0.00873. The lowest BCUT2D eigenvalue weighted by Crippen LogP contribution is -2.55. The maximum Gasteiger partial charge on any atom is 0.408 e. The Labute approximate surface area is 808 Å². The first kappa shape index (κ1) is 127. The van der Waals surface area contributed by atoms with E-state index in [4.69, 9.17) is 36.0 Å². The van der Waals surface area contributed by atoms with Crippen molar-refractivity contribution >= 4 is 107 Å². The monoisotopic (exact) mass is 1960 g/mol. The van der Waals surface area contributed by atoms with Crippen LogP contribution < -0.4 is 80.3 Å². The van der Waals surface area contributed by atoms with Gasteiger partial charge in [-0.15, -0.1) is 29.9 Å². The number of nitrogens with one attached hydrogen (secondary N) is 12. The Bertz CT molecular complexity index is 4360. The maximum absolute atomic E-state index is 12.5. The Morgan fingerprint density at radius 1 is 0.390 bits per heavy atom. The average Bonchev–Trinajstić information content (AvgIpc) is 1.70. The van der Waals surface area contributed by atoms with Gasteiger partial charge in [0, 0.05) is 0 Å². The number of carboxylic acid groups (broad SMARTS) is 1. The number of aliphatic hydroxyl groups is 6. The summed E-state index contributed by atoms with van der Waals surface area (Å²) in [4.78, 5) is 146. The third-order valence-corrected chi connectivity index (χ3v) is 18.7. The second-order valence-corrected chi connectivity index (χ2v) is 34.1. The number of hydrogen-bond acceptors (Lipinski definition) is 31. The first-order chi connectivity index (χ1) is 62.9. The lowest BCUT2D eigenvalue weighted by atomic mass is 10.0. The highest BCUT2D eigenvalue weighted by Gasteiger charge is 2.34. The molecule has 1 aromatic heterocycles. The largest absolute Gasteiger partial charge is 0.480 e. The molecule has 7 unspecified atom stereocenters. The Kier molecular flexibility index (Phi) is 63.6. The van der Waals surface area contributed by atoms with Crippen molar-refractivity contribution in [1.82, 2.24) is 79.0 Å². The van der Waals surface area contributed by atoms with Crippen molar-refractivity contribution in [3.8, 4) is 0 Å². The second-order valence-electron chi connectivity index (χ2n) is 34.1. The smallest absolute Gasteiger partial charge is 0.408 e. The molecular weight excluding hydrogens is 1810 g/mol. The van der Waals surface area contributed by atoms with Crippen LogP contribution in [0, 0.1) is 0 Å². The molecule has 0 aliphatic carbocycles. The molecule has 0 aliphatic heterocycles. The zero-order valence-electron chi connectivity index (χ0n) is 81.0. The summed E-state index contributed by atoms with van der Waals surface area (Å²) >= 11 is 0. The van der Waals surface area contributed by atoms with Gasteiger partial charge in [-0.1, -0.05) is 200 Å². The molecule has 5 aromatic carbocycles. The van der Waals surface area contributed by atoms with E-state index in [-0.39, 0.29) is 98.8 Å². The molecule has 136 heavy (non-hydrogen) atoms. The number of halogens is 2. The molecule has 0 bridgehead atoms. The van der Waals surface area contributed by atoms with Gasteiger partial charge in [-0.25, -0.2) is 19.4 Å². The van der Waals surface area contributed by atoms with Gasteiger partial charge in [0.25, 0.3) is 5.91 Å². The third kappa shape index (κ3) is 55.3. The van der Waals surface area contributed by atoms with Crippen LogP contribution in [0.3, 0.4) is 0 Å². The highest BCUT2D eigenvalue weighted by Crippen LogP contribution is 2.18. The molecule has 24 N–H and O–H groups in total.